The molecular weight excluding hydrogens is 356 g/mol. The van der Waals surface area contributed by atoms with Gasteiger partial charge in [0.1, 0.15) is 6.04 Å². The molecule has 0 fully saturated rings. The number of rotatable bonds is 10. The summed E-state index contributed by atoms with van der Waals surface area (Å²) >= 11 is 0. The Morgan fingerprint density at radius 2 is 1.43 bits per heavy atom. The molecule has 0 aliphatic carbocycles. The third-order valence-electron chi connectivity index (χ3n) is 4.23. The van der Waals surface area contributed by atoms with Crippen molar-refractivity contribution in [2.45, 2.75) is 31.3 Å². The largest absolute Gasteiger partial charge is 0.370 e. The molecule has 0 spiro atoms. The first-order valence-corrected chi connectivity index (χ1v) is 9.15. The zero-order valence-corrected chi connectivity index (χ0v) is 15.6. The molecule has 7 nitrogen and oxygen atoms in total. The van der Waals surface area contributed by atoms with Gasteiger partial charge in [-0.3, -0.25) is 14.4 Å². The lowest BCUT2D eigenvalue weighted by Gasteiger charge is -2.20. The third-order valence-corrected chi connectivity index (χ3v) is 4.23. The van der Waals surface area contributed by atoms with Gasteiger partial charge in [-0.1, -0.05) is 60.7 Å². The zero-order chi connectivity index (χ0) is 20.4. The Morgan fingerprint density at radius 1 is 0.857 bits per heavy atom. The van der Waals surface area contributed by atoms with Gasteiger partial charge in [0.25, 0.3) is 0 Å². The van der Waals surface area contributed by atoms with Crippen molar-refractivity contribution in [3.63, 3.8) is 0 Å². The summed E-state index contributed by atoms with van der Waals surface area (Å²) < 4.78 is 0. The van der Waals surface area contributed by atoms with Gasteiger partial charge < -0.3 is 22.1 Å². The van der Waals surface area contributed by atoms with Gasteiger partial charge in [-0.2, -0.15) is 0 Å². The minimum atomic E-state index is -1.09. The highest BCUT2D eigenvalue weighted by Crippen LogP contribution is 2.05. The molecule has 148 valence electrons. The Hall–Kier alpha value is -3.19. The number of amides is 3. The van der Waals surface area contributed by atoms with Crippen LogP contribution >= 0.6 is 0 Å². The first kappa shape index (κ1) is 21.1. The van der Waals surface area contributed by atoms with Gasteiger partial charge in [0.2, 0.25) is 17.7 Å². The van der Waals surface area contributed by atoms with Gasteiger partial charge >= 0.3 is 0 Å². The van der Waals surface area contributed by atoms with E-state index in [1.165, 1.54) is 0 Å². The third kappa shape index (κ3) is 7.20. The molecule has 0 saturated carbocycles. The van der Waals surface area contributed by atoms with Crippen molar-refractivity contribution < 1.29 is 14.4 Å². The lowest BCUT2D eigenvalue weighted by molar-refractivity contribution is -0.130. The molecule has 0 aliphatic rings. The predicted molar refractivity (Wildman–Crippen MR) is 107 cm³/mol. The van der Waals surface area contributed by atoms with Crippen molar-refractivity contribution in [2.24, 2.45) is 11.5 Å². The number of nitrogens with one attached hydrogen (secondary N) is 2. The van der Waals surface area contributed by atoms with Crippen LogP contribution < -0.4 is 22.1 Å². The summed E-state index contributed by atoms with van der Waals surface area (Å²) in [6, 6.07) is 17.2. The average Bonchev–Trinajstić information content (AvgIpc) is 2.68. The molecule has 0 radical (unpaired) electrons. The molecule has 6 N–H and O–H groups in total. The van der Waals surface area contributed by atoms with Crippen LogP contribution in [-0.4, -0.2) is 36.3 Å². The van der Waals surface area contributed by atoms with E-state index in [0.29, 0.717) is 19.4 Å². The minimum absolute atomic E-state index is 0.278. The van der Waals surface area contributed by atoms with Crippen LogP contribution in [0.2, 0.25) is 0 Å². The SMILES string of the molecule is NC(=O)CC(N)C(=O)NC(Cc1ccccc1)C(=O)NCCc1ccccc1. The summed E-state index contributed by atoms with van der Waals surface area (Å²) in [5, 5.41) is 5.49. The van der Waals surface area contributed by atoms with Crippen LogP contribution in [-0.2, 0) is 27.2 Å². The van der Waals surface area contributed by atoms with Gasteiger partial charge in [0.05, 0.1) is 12.5 Å². The fraction of sp³-hybridized carbons (Fsp3) is 0.286. The van der Waals surface area contributed by atoms with Gasteiger partial charge in [-0.25, -0.2) is 0 Å². The van der Waals surface area contributed by atoms with Crippen LogP contribution in [0.5, 0.6) is 0 Å². The van der Waals surface area contributed by atoms with Crippen molar-refractivity contribution in [3.8, 4) is 0 Å². The van der Waals surface area contributed by atoms with Crippen molar-refractivity contribution in [1.29, 1.82) is 0 Å². The molecule has 2 aromatic carbocycles. The fourth-order valence-electron chi connectivity index (χ4n) is 2.75. The fourth-order valence-corrected chi connectivity index (χ4v) is 2.75. The second-order valence-electron chi connectivity index (χ2n) is 6.55. The number of hydrogen-bond acceptors (Lipinski definition) is 4. The van der Waals surface area contributed by atoms with E-state index >= 15 is 0 Å². The maximum Gasteiger partial charge on any atom is 0.242 e. The Labute approximate surface area is 164 Å². The number of primary amides is 1. The average molecular weight is 382 g/mol. The first-order chi connectivity index (χ1) is 13.5. The van der Waals surface area contributed by atoms with Crippen molar-refractivity contribution >= 4 is 17.7 Å². The van der Waals surface area contributed by atoms with E-state index in [1.54, 1.807) is 0 Å². The van der Waals surface area contributed by atoms with Gasteiger partial charge in [0, 0.05) is 13.0 Å². The molecule has 0 aromatic heterocycles. The van der Waals surface area contributed by atoms with Crippen LogP contribution in [0.15, 0.2) is 60.7 Å². The standard InChI is InChI=1S/C21H26N4O3/c22-17(14-19(23)26)20(27)25-18(13-16-9-5-2-6-10-16)21(28)24-12-11-15-7-3-1-4-8-15/h1-10,17-18H,11-14,22H2,(H2,23,26)(H,24,28)(H,25,27). The van der Waals surface area contributed by atoms with E-state index in [1.807, 2.05) is 60.7 Å². The maximum atomic E-state index is 12.7. The van der Waals surface area contributed by atoms with Crippen molar-refractivity contribution in [1.82, 2.24) is 10.6 Å². The molecule has 0 saturated heterocycles. The molecule has 2 atom stereocenters. The molecule has 2 unspecified atom stereocenters. The second kappa shape index (κ2) is 10.8. The van der Waals surface area contributed by atoms with Crippen LogP contribution in [0.1, 0.15) is 17.5 Å². The monoisotopic (exact) mass is 382 g/mol. The summed E-state index contributed by atoms with van der Waals surface area (Å²) in [4.78, 5) is 35.9. The molecule has 0 heterocycles. The van der Waals surface area contributed by atoms with Crippen molar-refractivity contribution in [2.75, 3.05) is 6.54 Å². The van der Waals surface area contributed by atoms with E-state index in [2.05, 4.69) is 10.6 Å². The molecule has 7 heteroatoms. The zero-order valence-electron chi connectivity index (χ0n) is 15.6. The highest BCUT2D eigenvalue weighted by Gasteiger charge is 2.24. The highest BCUT2D eigenvalue weighted by atomic mass is 16.2. The van der Waals surface area contributed by atoms with Gasteiger partial charge in [-0.15, -0.1) is 0 Å². The molecular formula is C21H26N4O3. The van der Waals surface area contributed by atoms with Crippen LogP contribution in [0, 0.1) is 0 Å². The topological polar surface area (TPSA) is 127 Å². The predicted octanol–water partition coefficient (Wildman–Crippen LogP) is 0.276. The Kier molecular flexibility index (Phi) is 8.17. The van der Waals surface area contributed by atoms with Crippen LogP contribution in [0.3, 0.4) is 0 Å². The van der Waals surface area contributed by atoms with E-state index < -0.39 is 23.9 Å². The van der Waals surface area contributed by atoms with E-state index in [4.69, 9.17) is 11.5 Å². The lowest BCUT2D eigenvalue weighted by Crippen LogP contribution is -2.53. The summed E-state index contributed by atoms with van der Waals surface area (Å²) in [6.07, 6.45) is 0.715. The van der Waals surface area contributed by atoms with Crippen LogP contribution in [0.25, 0.3) is 0 Å². The van der Waals surface area contributed by atoms with Gasteiger partial charge in [-0.05, 0) is 17.5 Å². The summed E-state index contributed by atoms with van der Waals surface area (Å²) in [7, 11) is 0. The summed E-state index contributed by atoms with van der Waals surface area (Å²) in [5.41, 5.74) is 12.8. The van der Waals surface area contributed by atoms with E-state index in [0.717, 1.165) is 11.1 Å². The van der Waals surface area contributed by atoms with E-state index in [9.17, 15) is 14.4 Å². The number of carbonyl (C=O) groups is 3. The molecule has 0 aliphatic heterocycles. The molecule has 2 rings (SSSR count). The maximum absolute atomic E-state index is 12.7. The lowest BCUT2D eigenvalue weighted by atomic mass is 10.0. The summed E-state index contributed by atoms with van der Waals surface area (Å²) in [5.74, 6) is -1.56. The number of carbonyl (C=O) groups excluding carboxylic acids is 3. The van der Waals surface area contributed by atoms with Crippen LogP contribution in [0.4, 0.5) is 0 Å². The normalized spacial score (nSPS) is 12.6. The second-order valence-corrected chi connectivity index (χ2v) is 6.55. The Balaban J connectivity index is 1.98. The molecule has 0 bridgehead atoms. The first-order valence-electron chi connectivity index (χ1n) is 9.15. The Morgan fingerprint density at radius 3 is 2.00 bits per heavy atom. The quantitative estimate of drug-likeness (QED) is 0.470. The smallest absolute Gasteiger partial charge is 0.242 e. The minimum Gasteiger partial charge on any atom is -0.370 e. The number of benzene rings is 2. The molecule has 2 aromatic rings. The Bertz CT molecular complexity index is 781. The highest BCUT2D eigenvalue weighted by molar-refractivity contribution is 5.92. The molecule has 3 amide bonds. The number of hydrogen-bond donors (Lipinski definition) is 4. The van der Waals surface area contributed by atoms with Crippen molar-refractivity contribution in [3.05, 3.63) is 71.8 Å². The number of nitrogens with two attached hydrogens (primary N) is 2. The summed E-state index contributed by atoms with van der Waals surface area (Å²) in [6.45, 7) is 0.442. The van der Waals surface area contributed by atoms with E-state index in [-0.39, 0.29) is 12.3 Å². The van der Waals surface area contributed by atoms with Gasteiger partial charge in [0.15, 0.2) is 0 Å². The molecule has 28 heavy (non-hydrogen) atoms.